The smallest absolute Gasteiger partial charge is 0.148 e. The Balaban J connectivity index is 1.81. The van der Waals surface area contributed by atoms with Gasteiger partial charge < -0.3 is 11.1 Å². The molecule has 3 atom stereocenters. The van der Waals surface area contributed by atoms with Crippen LogP contribution < -0.4 is 11.1 Å². The second-order valence-corrected chi connectivity index (χ2v) is 5.59. The van der Waals surface area contributed by atoms with Gasteiger partial charge in [0.05, 0.1) is 11.4 Å². The molecule has 2 saturated carbocycles. The van der Waals surface area contributed by atoms with Gasteiger partial charge in [0.2, 0.25) is 0 Å². The van der Waals surface area contributed by atoms with Gasteiger partial charge >= 0.3 is 0 Å². The number of nitrogens with zero attached hydrogens (tertiary/aromatic N) is 2. The molecule has 94 valence electrons. The summed E-state index contributed by atoms with van der Waals surface area (Å²) in [6.07, 6.45) is 5.56. The number of hydrogen-bond acceptors (Lipinski definition) is 3. The van der Waals surface area contributed by atoms with Crippen molar-refractivity contribution >= 4 is 11.5 Å². The van der Waals surface area contributed by atoms with Crippen LogP contribution in [0.25, 0.3) is 0 Å². The standard InChI is InChI=1S/C13H22N4/c1-3-17-13(12(14)8(2)16-17)15-11-7-9-4-5-10(11)6-9/h9-11,15H,3-7,14H2,1-2H3. The monoisotopic (exact) mass is 234 g/mol. The molecule has 0 aliphatic heterocycles. The topological polar surface area (TPSA) is 55.9 Å². The maximum atomic E-state index is 6.11. The van der Waals surface area contributed by atoms with Crippen LogP contribution in [-0.2, 0) is 6.54 Å². The first kappa shape index (κ1) is 10.9. The number of rotatable bonds is 3. The van der Waals surface area contributed by atoms with Crippen molar-refractivity contribution < 1.29 is 0 Å². The number of nitrogen functional groups attached to an aromatic ring is 1. The second-order valence-electron chi connectivity index (χ2n) is 5.59. The third-order valence-electron chi connectivity index (χ3n) is 4.53. The molecule has 2 bridgehead atoms. The summed E-state index contributed by atoms with van der Waals surface area (Å²) in [6.45, 7) is 4.96. The minimum absolute atomic E-state index is 0.623. The Hall–Kier alpha value is -1.19. The van der Waals surface area contributed by atoms with Crippen LogP contribution >= 0.6 is 0 Å². The van der Waals surface area contributed by atoms with Crippen molar-refractivity contribution in [2.24, 2.45) is 11.8 Å². The van der Waals surface area contributed by atoms with Crippen molar-refractivity contribution in [3.05, 3.63) is 5.69 Å². The molecule has 2 aliphatic rings. The van der Waals surface area contributed by atoms with Gasteiger partial charge in [-0.3, -0.25) is 0 Å². The van der Waals surface area contributed by atoms with E-state index < -0.39 is 0 Å². The maximum Gasteiger partial charge on any atom is 0.148 e. The van der Waals surface area contributed by atoms with E-state index in [0.717, 1.165) is 35.6 Å². The lowest BCUT2D eigenvalue weighted by Gasteiger charge is -2.24. The van der Waals surface area contributed by atoms with Gasteiger partial charge in [0.25, 0.3) is 0 Å². The van der Waals surface area contributed by atoms with E-state index in [2.05, 4.69) is 17.3 Å². The minimum atomic E-state index is 0.623. The molecule has 4 heteroatoms. The third-order valence-corrected chi connectivity index (χ3v) is 4.53. The van der Waals surface area contributed by atoms with Crippen LogP contribution in [0.2, 0.25) is 0 Å². The number of fused-ring (bicyclic) bond motifs is 2. The molecule has 0 amide bonds. The molecule has 0 radical (unpaired) electrons. The Morgan fingerprint density at radius 1 is 1.41 bits per heavy atom. The van der Waals surface area contributed by atoms with E-state index >= 15 is 0 Å². The van der Waals surface area contributed by atoms with Crippen molar-refractivity contribution in [3.63, 3.8) is 0 Å². The fourth-order valence-corrected chi connectivity index (χ4v) is 3.57. The Bertz CT molecular complexity index is 423. The van der Waals surface area contributed by atoms with Gasteiger partial charge in [0.15, 0.2) is 0 Å². The molecule has 1 heterocycles. The second kappa shape index (κ2) is 3.93. The van der Waals surface area contributed by atoms with Crippen molar-refractivity contribution in [3.8, 4) is 0 Å². The van der Waals surface area contributed by atoms with Crippen LogP contribution in [0.4, 0.5) is 11.5 Å². The Morgan fingerprint density at radius 2 is 2.24 bits per heavy atom. The van der Waals surface area contributed by atoms with Gasteiger partial charge in [0, 0.05) is 12.6 Å². The molecule has 3 rings (SSSR count). The van der Waals surface area contributed by atoms with Crippen LogP contribution in [0.15, 0.2) is 0 Å². The largest absolute Gasteiger partial charge is 0.394 e. The summed E-state index contributed by atoms with van der Waals surface area (Å²) >= 11 is 0. The highest BCUT2D eigenvalue weighted by Gasteiger charge is 2.40. The van der Waals surface area contributed by atoms with E-state index in [0.29, 0.717) is 6.04 Å². The minimum Gasteiger partial charge on any atom is -0.394 e. The molecular weight excluding hydrogens is 212 g/mol. The fourth-order valence-electron chi connectivity index (χ4n) is 3.57. The van der Waals surface area contributed by atoms with Crippen LogP contribution in [-0.4, -0.2) is 15.8 Å². The zero-order valence-electron chi connectivity index (χ0n) is 10.7. The van der Waals surface area contributed by atoms with Crippen LogP contribution in [0, 0.1) is 18.8 Å². The van der Waals surface area contributed by atoms with E-state index in [1.165, 1.54) is 25.7 Å². The average molecular weight is 234 g/mol. The zero-order chi connectivity index (χ0) is 12.0. The van der Waals surface area contributed by atoms with Crippen LogP contribution in [0.3, 0.4) is 0 Å². The molecule has 17 heavy (non-hydrogen) atoms. The number of nitrogens with two attached hydrogens (primary N) is 1. The predicted octanol–water partition coefficient (Wildman–Crippen LogP) is 2.39. The van der Waals surface area contributed by atoms with Crippen molar-refractivity contribution in [1.29, 1.82) is 0 Å². The molecule has 3 N–H and O–H groups in total. The lowest BCUT2D eigenvalue weighted by Crippen LogP contribution is -2.27. The van der Waals surface area contributed by atoms with E-state index in [-0.39, 0.29) is 0 Å². The first-order valence-electron chi connectivity index (χ1n) is 6.78. The van der Waals surface area contributed by atoms with Crippen molar-refractivity contribution in [2.45, 2.75) is 52.1 Å². The SMILES string of the molecule is CCn1nc(C)c(N)c1NC1CC2CCC1C2. The first-order valence-corrected chi connectivity index (χ1v) is 6.78. The summed E-state index contributed by atoms with van der Waals surface area (Å²) < 4.78 is 2.00. The molecular formula is C13H22N4. The Morgan fingerprint density at radius 3 is 2.82 bits per heavy atom. The van der Waals surface area contributed by atoms with E-state index in [4.69, 9.17) is 5.73 Å². The molecule has 0 saturated heterocycles. The lowest BCUT2D eigenvalue weighted by atomic mass is 9.95. The first-order chi connectivity index (χ1) is 8.19. The summed E-state index contributed by atoms with van der Waals surface area (Å²) in [6, 6.07) is 0.623. The summed E-state index contributed by atoms with van der Waals surface area (Å²) in [7, 11) is 0. The summed E-state index contributed by atoms with van der Waals surface area (Å²) in [4.78, 5) is 0. The highest BCUT2D eigenvalue weighted by atomic mass is 15.3. The predicted molar refractivity (Wildman–Crippen MR) is 69.9 cm³/mol. The molecule has 3 unspecified atom stereocenters. The lowest BCUT2D eigenvalue weighted by molar-refractivity contribution is 0.436. The molecule has 2 fully saturated rings. The maximum absolute atomic E-state index is 6.11. The summed E-state index contributed by atoms with van der Waals surface area (Å²) in [5.74, 6) is 2.86. The number of nitrogens with one attached hydrogen (secondary N) is 1. The highest BCUT2D eigenvalue weighted by Crippen LogP contribution is 2.46. The molecule has 2 aliphatic carbocycles. The van der Waals surface area contributed by atoms with E-state index in [9.17, 15) is 0 Å². The van der Waals surface area contributed by atoms with Crippen molar-refractivity contribution in [2.75, 3.05) is 11.1 Å². The molecule has 1 aromatic rings. The molecule has 0 spiro atoms. The average Bonchev–Trinajstić information content (AvgIpc) is 2.99. The van der Waals surface area contributed by atoms with Gasteiger partial charge in [-0.25, -0.2) is 4.68 Å². The summed E-state index contributed by atoms with van der Waals surface area (Å²) in [5.41, 5.74) is 7.88. The number of aromatic nitrogens is 2. The van der Waals surface area contributed by atoms with Gasteiger partial charge in [-0.1, -0.05) is 6.42 Å². The van der Waals surface area contributed by atoms with Crippen LogP contribution in [0.5, 0.6) is 0 Å². The zero-order valence-corrected chi connectivity index (χ0v) is 10.7. The van der Waals surface area contributed by atoms with Crippen LogP contribution in [0.1, 0.15) is 38.3 Å². The van der Waals surface area contributed by atoms with Crippen molar-refractivity contribution in [1.82, 2.24) is 9.78 Å². The van der Waals surface area contributed by atoms with E-state index in [1.807, 2.05) is 11.6 Å². The number of hydrogen-bond donors (Lipinski definition) is 2. The molecule has 4 nitrogen and oxygen atoms in total. The molecule has 1 aromatic heterocycles. The third kappa shape index (κ3) is 1.70. The van der Waals surface area contributed by atoms with Gasteiger partial charge in [0.1, 0.15) is 5.82 Å². The number of anilines is 2. The molecule has 0 aromatic carbocycles. The fraction of sp³-hybridized carbons (Fsp3) is 0.769. The van der Waals surface area contributed by atoms with Gasteiger partial charge in [-0.15, -0.1) is 0 Å². The Kier molecular flexibility index (Phi) is 2.53. The van der Waals surface area contributed by atoms with Gasteiger partial charge in [-0.05, 0) is 44.9 Å². The Labute approximate surface area is 103 Å². The van der Waals surface area contributed by atoms with Gasteiger partial charge in [-0.2, -0.15) is 5.10 Å². The summed E-state index contributed by atoms with van der Waals surface area (Å²) in [5, 5.41) is 8.12. The quantitative estimate of drug-likeness (QED) is 0.844. The normalized spacial score (nSPS) is 31.1. The van der Waals surface area contributed by atoms with E-state index in [1.54, 1.807) is 0 Å². The number of aryl methyl sites for hydroxylation is 2. The highest BCUT2D eigenvalue weighted by molar-refractivity contribution is 5.65.